The van der Waals surface area contributed by atoms with E-state index in [0.717, 1.165) is 5.56 Å². The van der Waals surface area contributed by atoms with Crippen LogP contribution in [0.4, 0.5) is 0 Å². The van der Waals surface area contributed by atoms with Crippen molar-refractivity contribution in [3.8, 4) is 0 Å². The van der Waals surface area contributed by atoms with Gasteiger partial charge in [-0.25, -0.2) is 8.42 Å². The second-order valence-electron chi connectivity index (χ2n) is 4.77. The van der Waals surface area contributed by atoms with Crippen molar-refractivity contribution < 1.29 is 23.4 Å². The summed E-state index contributed by atoms with van der Waals surface area (Å²) in [6.07, 6.45) is -1.31. The summed E-state index contributed by atoms with van der Waals surface area (Å²) in [6.45, 7) is 2.97. The van der Waals surface area contributed by atoms with Gasteiger partial charge in [0.05, 0.1) is 11.9 Å². The minimum Gasteiger partial charge on any atom is -0.480 e. The van der Waals surface area contributed by atoms with Gasteiger partial charge in [-0.1, -0.05) is 37.3 Å². The van der Waals surface area contributed by atoms with Crippen molar-refractivity contribution in [1.82, 2.24) is 4.72 Å². The van der Waals surface area contributed by atoms with Crippen LogP contribution in [-0.4, -0.2) is 42.5 Å². The maximum atomic E-state index is 11.9. The Bertz CT molecular complexity index is 541. The van der Waals surface area contributed by atoms with Crippen LogP contribution in [-0.2, 0) is 14.8 Å². The van der Waals surface area contributed by atoms with Crippen molar-refractivity contribution in [2.24, 2.45) is 0 Å². The molecule has 20 heavy (non-hydrogen) atoms. The summed E-state index contributed by atoms with van der Waals surface area (Å²) in [7, 11) is -3.81. The number of carboxylic acid groups (broad SMARTS) is 1. The van der Waals surface area contributed by atoms with Gasteiger partial charge in [-0.3, -0.25) is 4.79 Å². The maximum absolute atomic E-state index is 11.9. The van der Waals surface area contributed by atoms with Gasteiger partial charge < -0.3 is 10.2 Å². The van der Waals surface area contributed by atoms with Gasteiger partial charge in [0.1, 0.15) is 6.04 Å². The predicted octanol–water partition coefficient (Wildman–Crippen LogP) is 0.544. The molecule has 1 unspecified atom stereocenters. The van der Waals surface area contributed by atoms with Crippen molar-refractivity contribution in [2.45, 2.75) is 31.9 Å². The fourth-order valence-electron chi connectivity index (χ4n) is 1.80. The molecule has 0 fully saturated rings. The third-order valence-corrected chi connectivity index (χ3v) is 4.44. The number of benzene rings is 1. The van der Waals surface area contributed by atoms with Crippen LogP contribution < -0.4 is 4.72 Å². The molecule has 3 atom stereocenters. The number of nitrogens with one attached hydrogen (secondary N) is 1. The molecule has 0 radical (unpaired) electrons. The molecule has 112 valence electrons. The topological polar surface area (TPSA) is 104 Å². The van der Waals surface area contributed by atoms with E-state index < -0.39 is 28.1 Å². The van der Waals surface area contributed by atoms with Crippen LogP contribution in [0.2, 0.25) is 0 Å². The van der Waals surface area contributed by atoms with E-state index in [1.807, 2.05) is 35.1 Å². The molecule has 0 spiro atoms. The third kappa shape index (κ3) is 4.92. The largest absolute Gasteiger partial charge is 0.480 e. The lowest BCUT2D eigenvalue weighted by atomic mass is 10.0. The minimum atomic E-state index is -3.81. The number of sulfonamides is 1. The highest BCUT2D eigenvalue weighted by Crippen LogP contribution is 2.16. The Hall–Kier alpha value is -1.44. The lowest BCUT2D eigenvalue weighted by Crippen LogP contribution is -2.48. The minimum absolute atomic E-state index is 0.243. The molecule has 0 aliphatic carbocycles. The SMILES string of the molecule is CC(CS(=O)(=O)N[C@H](C(=O)O)[C@@H](C)O)c1ccccc1. The number of hydrogen-bond donors (Lipinski definition) is 3. The number of hydrogen-bond acceptors (Lipinski definition) is 4. The Balaban J connectivity index is 2.77. The van der Waals surface area contributed by atoms with Gasteiger partial charge in [0.25, 0.3) is 0 Å². The zero-order valence-electron chi connectivity index (χ0n) is 11.4. The molecule has 0 amide bonds. The van der Waals surface area contributed by atoms with Crippen molar-refractivity contribution in [3.63, 3.8) is 0 Å². The van der Waals surface area contributed by atoms with Crippen LogP contribution in [0.3, 0.4) is 0 Å². The zero-order valence-corrected chi connectivity index (χ0v) is 12.2. The smallest absolute Gasteiger partial charge is 0.324 e. The maximum Gasteiger partial charge on any atom is 0.324 e. The van der Waals surface area contributed by atoms with E-state index in [1.54, 1.807) is 6.92 Å². The summed E-state index contributed by atoms with van der Waals surface area (Å²) in [5, 5.41) is 18.2. The zero-order chi connectivity index (χ0) is 15.3. The first kappa shape index (κ1) is 16.6. The highest BCUT2D eigenvalue weighted by atomic mass is 32.2. The average Bonchev–Trinajstić information content (AvgIpc) is 2.36. The van der Waals surface area contributed by atoms with Crippen LogP contribution in [0, 0.1) is 0 Å². The molecule has 0 heterocycles. The first-order valence-electron chi connectivity index (χ1n) is 6.19. The van der Waals surface area contributed by atoms with Crippen LogP contribution in [0.25, 0.3) is 0 Å². The lowest BCUT2D eigenvalue weighted by Gasteiger charge is -2.19. The average molecular weight is 301 g/mol. The van der Waals surface area contributed by atoms with Crippen molar-refractivity contribution in [1.29, 1.82) is 0 Å². The number of carboxylic acids is 1. The van der Waals surface area contributed by atoms with Gasteiger partial charge in [-0.05, 0) is 18.4 Å². The predicted molar refractivity (Wildman–Crippen MR) is 74.9 cm³/mol. The van der Waals surface area contributed by atoms with Gasteiger partial charge in [0.2, 0.25) is 10.0 Å². The van der Waals surface area contributed by atoms with Crippen molar-refractivity contribution in [2.75, 3.05) is 5.75 Å². The van der Waals surface area contributed by atoms with E-state index in [4.69, 9.17) is 5.11 Å². The van der Waals surface area contributed by atoms with Crippen LogP contribution in [0.1, 0.15) is 25.3 Å². The summed E-state index contributed by atoms with van der Waals surface area (Å²) in [5.41, 5.74) is 0.849. The van der Waals surface area contributed by atoms with E-state index in [-0.39, 0.29) is 11.7 Å². The van der Waals surface area contributed by atoms with Crippen molar-refractivity contribution >= 4 is 16.0 Å². The first-order chi connectivity index (χ1) is 9.23. The molecule has 0 aliphatic rings. The molecule has 1 aromatic rings. The second kappa shape index (κ2) is 6.83. The van der Waals surface area contributed by atoms with Crippen molar-refractivity contribution in [3.05, 3.63) is 35.9 Å². The Morgan fingerprint density at radius 2 is 1.80 bits per heavy atom. The molecule has 0 saturated heterocycles. The molecular weight excluding hydrogens is 282 g/mol. The highest BCUT2D eigenvalue weighted by molar-refractivity contribution is 7.89. The normalized spacial score (nSPS) is 16.4. The molecule has 0 saturated carbocycles. The van der Waals surface area contributed by atoms with Gasteiger partial charge in [0.15, 0.2) is 0 Å². The van der Waals surface area contributed by atoms with Crippen LogP contribution in [0.15, 0.2) is 30.3 Å². The summed E-state index contributed by atoms with van der Waals surface area (Å²) in [6, 6.07) is 7.52. The molecule has 0 aromatic heterocycles. The van der Waals surface area contributed by atoms with Gasteiger partial charge in [0, 0.05) is 0 Å². The molecule has 6 nitrogen and oxygen atoms in total. The Kier molecular flexibility index (Phi) is 5.67. The van der Waals surface area contributed by atoms with E-state index in [9.17, 15) is 18.3 Å². The molecule has 7 heteroatoms. The summed E-state index contributed by atoms with van der Waals surface area (Å²) in [5.74, 6) is -1.93. The molecule has 1 rings (SSSR count). The third-order valence-electron chi connectivity index (χ3n) is 2.89. The van der Waals surface area contributed by atoms with E-state index in [1.165, 1.54) is 6.92 Å². The summed E-state index contributed by atoms with van der Waals surface area (Å²) < 4.78 is 25.9. The number of aliphatic hydroxyl groups is 1. The van der Waals surface area contributed by atoms with E-state index in [2.05, 4.69) is 0 Å². The van der Waals surface area contributed by atoms with Gasteiger partial charge >= 0.3 is 5.97 Å². The van der Waals surface area contributed by atoms with Crippen LogP contribution >= 0.6 is 0 Å². The number of carbonyl (C=O) groups is 1. The highest BCUT2D eigenvalue weighted by Gasteiger charge is 2.29. The molecule has 0 bridgehead atoms. The summed E-state index contributed by atoms with van der Waals surface area (Å²) in [4.78, 5) is 10.9. The number of rotatable bonds is 7. The monoisotopic (exact) mass is 301 g/mol. The fraction of sp³-hybridized carbons (Fsp3) is 0.462. The number of aliphatic hydroxyl groups excluding tert-OH is 1. The standard InChI is InChI=1S/C13H19NO5S/c1-9(11-6-4-3-5-7-11)8-20(18,19)14-12(10(2)15)13(16)17/h3-7,9-10,12,14-15H,8H2,1-2H3,(H,16,17)/t9?,10-,12+/m1/s1. The van der Waals surface area contributed by atoms with E-state index >= 15 is 0 Å². The second-order valence-corrected chi connectivity index (χ2v) is 6.57. The van der Waals surface area contributed by atoms with Gasteiger partial charge in [-0.2, -0.15) is 4.72 Å². The molecule has 0 aliphatic heterocycles. The molecular formula is C13H19NO5S. The molecule has 3 N–H and O–H groups in total. The Labute approximate surface area is 118 Å². The van der Waals surface area contributed by atoms with Crippen LogP contribution in [0.5, 0.6) is 0 Å². The summed E-state index contributed by atoms with van der Waals surface area (Å²) >= 11 is 0. The Morgan fingerprint density at radius 3 is 2.25 bits per heavy atom. The fourth-order valence-corrected chi connectivity index (χ4v) is 3.44. The van der Waals surface area contributed by atoms with Gasteiger partial charge in [-0.15, -0.1) is 0 Å². The Morgan fingerprint density at radius 1 is 1.25 bits per heavy atom. The first-order valence-corrected chi connectivity index (χ1v) is 7.84. The van der Waals surface area contributed by atoms with E-state index in [0.29, 0.717) is 0 Å². The molecule has 1 aromatic carbocycles. The quantitative estimate of drug-likeness (QED) is 0.682. The number of aliphatic carboxylic acids is 1. The lowest BCUT2D eigenvalue weighted by molar-refractivity contribution is -0.141.